The van der Waals surface area contributed by atoms with Crippen LogP contribution in [0.15, 0.2) is 0 Å². The van der Waals surface area contributed by atoms with Gasteiger partial charge in [-0.3, -0.25) is 4.79 Å². The fraction of sp³-hybridized carbons (Fsp3) is 0.889. The third-order valence-corrected chi connectivity index (χ3v) is 2.18. The van der Waals surface area contributed by atoms with Crippen LogP contribution in [0.1, 0.15) is 33.6 Å². The summed E-state index contributed by atoms with van der Waals surface area (Å²) >= 11 is 0. The first kappa shape index (κ1) is 10.6. The summed E-state index contributed by atoms with van der Waals surface area (Å²) in [6.07, 6.45) is 2.08. The summed E-state index contributed by atoms with van der Waals surface area (Å²) in [4.78, 5) is 11.1. The fourth-order valence-corrected chi connectivity index (χ4v) is 1.32. The van der Waals surface area contributed by atoms with E-state index in [1.165, 1.54) is 0 Å². The Bertz CT molecular complexity index is 123. The van der Waals surface area contributed by atoms with E-state index in [0.29, 0.717) is 11.8 Å². The van der Waals surface area contributed by atoms with Gasteiger partial charge in [-0.1, -0.05) is 13.3 Å². The van der Waals surface area contributed by atoms with Crippen LogP contribution >= 0.6 is 0 Å². The van der Waals surface area contributed by atoms with Crippen LogP contribution < -0.4 is 5.32 Å². The lowest BCUT2D eigenvalue weighted by Gasteiger charge is -2.19. The first-order valence-electron chi connectivity index (χ1n) is 4.31. The van der Waals surface area contributed by atoms with Crippen LogP contribution in [0.4, 0.5) is 0 Å². The number of nitrogens with one attached hydrogen (secondary N) is 1. The van der Waals surface area contributed by atoms with E-state index >= 15 is 0 Å². The van der Waals surface area contributed by atoms with Gasteiger partial charge in [0.05, 0.1) is 0 Å². The molecule has 0 saturated carbocycles. The van der Waals surface area contributed by atoms with Crippen molar-refractivity contribution in [3.05, 3.63) is 0 Å². The van der Waals surface area contributed by atoms with Crippen LogP contribution in [-0.4, -0.2) is 18.9 Å². The van der Waals surface area contributed by atoms with Crippen LogP contribution in [0.2, 0.25) is 0 Å². The molecule has 2 atom stereocenters. The molecular formula is C9H19NO. The van der Waals surface area contributed by atoms with Crippen molar-refractivity contribution in [3.8, 4) is 0 Å². The van der Waals surface area contributed by atoms with Gasteiger partial charge in [-0.05, 0) is 27.3 Å². The second kappa shape index (κ2) is 5.30. The van der Waals surface area contributed by atoms with Gasteiger partial charge in [-0.25, -0.2) is 0 Å². The summed E-state index contributed by atoms with van der Waals surface area (Å²) in [5.41, 5.74) is 0. The summed E-state index contributed by atoms with van der Waals surface area (Å²) in [6, 6.07) is 0.312. The highest BCUT2D eigenvalue weighted by Gasteiger charge is 2.18. The van der Waals surface area contributed by atoms with E-state index in [1.54, 1.807) is 6.92 Å². The number of carbonyl (C=O) groups excluding carboxylic acids is 1. The summed E-state index contributed by atoms with van der Waals surface area (Å²) in [5.74, 6) is 0.499. The van der Waals surface area contributed by atoms with Crippen molar-refractivity contribution >= 4 is 5.78 Å². The molecule has 1 unspecified atom stereocenters. The van der Waals surface area contributed by atoms with Crippen LogP contribution in [-0.2, 0) is 4.79 Å². The van der Waals surface area contributed by atoms with Crippen LogP contribution in [0.25, 0.3) is 0 Å². The standard InChI is InChI=1S/C9H19NO/c1-5-6-9(8(3)11)7(2)10-4/h7,9-10H,5-6H2,1-4H3/t7?,9-/m1/s1. The predicted octanol–water partition coefficient (Wildman–Crippen LogP) is 1.60. The van der Waals surface area contributed by atoms with Crippen LogP contribution in [0.3, 0.4) is 0 Å². The normalized spacial score (nSPS) is 16.0. The van der Waals surface area contributed by atoms with E-state index in [9.17, 15) is 4.79 Å². The highest BCUT2D eigenvalue weighted by molar-refractivity contribution is 5.78. The Morgan fingerprint density at radius 1 is 1.55 bits per heavy atom. The Morgan fingerprint density at radius 2 is 2.09 bits per heavy atom. The molecule has 0 rings (SSSR count). The van der Waals surface area contributed by atoms with E-state index < -0.39 is 0 Å². The average Bonchev–Trinajstić information content (AvgIpc) is 1.98. The number of ketones is 1. The van der Waals surface area contributed by atoms with Gasteiger partial charge in [-0.2, -0.15) is 0 Å². The first-order valence-corrected chi connectivity index (χ1v) is 4.31. The molecule has 66 valence electrons. The Morgan fingerprint density at radius 3 is 2.36 bits per heavy atom. The molecule has 2 heteroatoms. The van der Waals surface area contributed by atoms with E-state index in [0.717, 1.165) is 12.8 Å². The Kier molecular flexibility index (Phi) is 5.12. The monoisotopic (exact) mass is 157 g/mol. The van der Waals surface area contributed by atoms with Crippen LogP contribution in [0, 0.1) is 5.92 Å². The lowest BCUT2D eigenvalue weighted by atomic mass is 9.92. The molecule has 2 nitrogen and oxygen atoms in total. The molecule has 0 bridgehead atoms. The lowest BCUT2D eigenvalue weighted by Crippen LogP contribution is -2.34. The zero-order chi connectivity index (χ0) is 8.85. The zero-order valence-corrected chi connectivity index (χ0v) is 7.98. The smallest absolute Gasteiger partial charge is 0.134 e. The third kappa shape index (κ3) is 3.51. The fourth-order valence-electron chi connectivity index (χ4n) is 1.32. The number of rotatable bonds is 5. The van der Waals surface area contributed by atoms with Crippen molar-refractivity contribution in [3.63, 3.8) is 0 Å². The quantitative estimate of drug-likeness (QED) is 0.656. The molecule has 0 aliphatic carbocycles. The molecule has 0 fully saturated rings. The minimum Gasteiger partial charge on any atom is -0.317 e. The molecular weight excluding hydrogens is 138 g/mol. The zero-order valence-electron chi connectivity index (χ0n) is 7.98. The maximum atomic E-state index is 11.1. The van der Waals surface area contributed by atoms with E-state index in [4.69, 9.17) is 0 Å². The molecule has 0 radical (unpaired) electrons. The van der Waals surface area contributed by atoms with Crippen molar-refractivity contribution < 1.29 is 4.79 Å². The van der Waals surface area contributed by atoms with Gasteiger partial charge < -0.3 is 5.32 Å². The third-order valence-electron chi connectivity index (χ3n) is 2.18. The van der Waals surface area contributed by atoms with E-state index in [1.807, 2.05) is 7.05 Å². The summed E-state index contributed by atoms with van der Waals surface area (Å²) in [6.45, 7) is 5.84. The van der Waals surface area contributed by atoms with Gasteiger partial charge in [0.1, 0.15) is 5.78 Å². The predicted molar refractivity (Wildman–Crippen MR) is 47.6 cm³/mol. The molecule has 0 heterocycles. The lowest BCUT2D eigenvalue weighted by molar-refractivity contribution is -0.121. The van der Waals surface area contributed by atoms with E-state index in [2.05, 4.69) is 19.2 Å². The Balaban J connectivity index is 3.97. The summed E-state index contributed by atoms with van der Waals surface area (Å²) in [5, 5.41) is 3.11. The minimum absolute atomic E-state index is 0.199. The molecule has 11 heavy (non-hydrogen) atoms. The average molecular weight is 157 g/mol. The Hall–Kier alpha value is -0.370. The maximum absolute atomic E-state index is 11.1. The molecule has 1 N–H and O–H groups in total. The number of hydrogen-bond acceptors (Lipinski definition) is 2. The van der Waals surface area contributed by atoms with Gasteiger partial charge in [0.15, 0.2) is 0 Å². The largest absolute Gasteiger partial charge is 0.317 e. The van der Waals surface area contributed by atoms with Crippen molar-refractivity contribution in [2.24, 2.45) is 5.92 Å². The molecule has 0 aromatic heterocycles. The molecule has 0 spiro atoms. The topological polar surface area (TPSA) is 29.1 Å². The molecule has 0 aliphatic rings. The minimum atomic E-state index is 0.199. The second-order valence-electron chi connectivity index (χ2n) is 3.08. The summed E-state index contributed by atoms with van der Waals surface area (Å²) in [7, 11) is 1.90. The molecule has 0 aliphatic heterocycles. The Labute approximate surface area is 69.4 Å². The number of Topliss-reactive ketones (excluding diaryl/α,β-unsaturated/α-hetero) is 1. The number of hydrogen-bond donors (Lipinski definition) is 1. The maximum Gasteiger partial charge on any atom is 0.134 e. The van der Waals surface area contributed by atoms with E-state index in [-0.39, 0.29) is 5.92 Å². The van der Waals surface area contributed by atoms with Crippen molar-refractivity contribution in [1.29, 1.82) is 0 Å². The molecule has 0 amide bonds. The van der Waals surface area contributed by atoms with Crippen LogP contribution in [0.5, 0.6) is 0 Å². The molecule has 0 saturated heterocycles. The van der Waals surface area contributed by atoms with Crippen molar-refractivity contribution in [2.75, 3.05) is 7.05 Å². The molecule has 0 aromatic carbocycles. The molecule has 0 aromatic rings. The van der Waals surface area contributed by atoms with Crippen molar-refractivity contribution in [1.82, 2.24) is 5.32 Å². The second-order valence-corrected chi connectivity index (χ2v) is 3.08. The van der Waals surface area contributed by atoms with Gasteiger partial charge in [0.25, 0.3) is 0 Å². The SMILES string of the molecule is CCC[C@@H](C(C)=O)C(C)NC. The first-order chi connectivity index (χ1) is 5.13. The van der Waals surface area contributed by atoms with Gasteiger partial charge in [0.2, 0.25) is 0 Å². The highest BCUT2D eigenvalue weighted by Crippen LogP contribution is 2.11. The number of carbonyl (C=O) groups is 1. The van der Waals surface area contributed by atoms with Gasteiger partial charge >= 0.3 is 0 Å². The summed E-state index contributed by atoms with van der Waals surface area (Å²) < 4.78 is 0. The highest BCUT2D eigenvalue weighted by atomic mass is 16.1. The van der Waals surface area contributed by atoms with Crippen molar-refractivity contribution in [2.45, 2.75) is 39.7 Å². The van der Waals surface area contributed by atoms with Gasteiger partial charge in [-0.15, -0.1) is 0 Å². The van der Waals surface area contributed by atoms with Gasteiger partial charge in [0, 0.05) is 12.0 Å².